The van der Waals surface area contributed by atoms with E-state index in [4.69, 9.17) is 28.9 Å². The Hall–Kier alpha value is 0.360. The number of hydrogen-bond acceptors (Lipinski definition) is 2. The predicted molar refractivity (Wildman–Crippen MR) is 74.7 cm³/mol. The summed E-state index contributed by atoms with van der Waals surface area (Å²) in [5.41, 5.74) is 7.40. The van der Waals surface area contributed by atoms with Crippen LogP contribution in [0.4, 0.5) is 9.19 Å². The second-order valence-corrected chi connectivity index (χ2v) is 6.30. The molecular formula is C12H24Cl2F2N2. The van der Waals surface area contributed by atoms with E-state index in [0.29, 0.717) is 11.4 Å². The topological polar surface area (TPSA) is 38.0 Å². The SMILES string of the molecule is F.FNC1CCC(Cl)CC1.NC1CCC(Cl)CC1. The normalized spacial score (nSPS) is 36.0. The van der Waals surface area contributed by atoms with Gasteiger partial charge in [0.05, 0.1) is 0 Å². The first kappa shape index (κ1) is 18.4. The van der Waals surface area contributed by atoms with Crippen molar-refractivity contribution < 1.29 is 9.19 Å². The van der Waals surface area contributed by atoms with E-state index >= 15 is 0 Å². The highest BCUT2D eigenvalue weighted by atomic mass is 35.5. The van der Waals surface area contributed by atoms with Crippen LogP contribution in [-0.2, 0) is 0 Å². The maximum Gasteiger partial charge on any atom is 0.0372 e. The summed E-state index contributed by atoms with van der Waals surface area (Å²) in [7, 11) is 0. The average molecular weight is 305 g/mol. The minimum atomic E-state index is 0. The minimum Gasteiger partial charge on any atom is -0.328 e. The Bertz CT molecular complexity index is 185. The van der Waals surface area contributed by atoms with Gasteiger partial charge in [0.15, 0.2) is 0 Å². The van der Waals surface area contributed by atoms with Crippen LogP contribution in [0.25, 0.3) is 0 Å². The van der Waals surface area contributed by atoms with Crippen molar-refractivity contribution in [2.45, 2.75) is 74.2 Å². The van der Waals surface area contributed by atoms with E-state index < -0.39 is 0 Å². The van der Waals surface area contributed by atoms with Crippen LogP contribution in [0.1, 0.15) is 51.4 Å². The van der Waals surface area contributed by atoms with Gasteiger partial charge in [-0.2, -0.15) is 5.54 Å². The zero-order chi connectivity index (χ0) is 12.7. The van der Waals surface area contributed by atoms with Crippen LogP contribution in [0, 0.1) is 0 Å². The van der Waals surface area contributed by atoms with Crippen molar-refractivity contribution in [2.75, 3.05) is 0 Å². The molecule has 0 bridgehead atoms. The first-order valence-electron chi connectivity index (χ1n) is 6.51. The molecule has 18 heavy (non-hydrogen) atoms. The van der Waals surface area contributed by atoms with Crippen molar-refractivity contribution in [1.82, 2.24) is 5.54 Å². The highest BCUT2D eigenvalue weighted by Crippen LogP contribution is 2.22. The van der Waals surface area contributed by atoms with Crippen molar-refractivity contribution >= 4 is 23.2 Å². The fourth-order valence-corrected chi connectivity index (χ4v) is 2.74. The summed E-state index contributed by atoms with van der Waals surface area (Å²) >= 11 is 11.6. The smallest absolute Gasteiger partial charge is 0.0372 e. The van der Waals surface area contributed by atoms with Gasteiger partial charge in [-0.05, 0) is 51.4 Å². The van der Waals surface area contributed by atoms with E-state index in [9.17, 15) is 4.48 Å². The van der Waals surface area contributed by atoms with Gasteiger partial charge in [-0.15, -0.1) is 27.7 Å². The molecule has 6 heteroatoms. The highest BCUT2D eigenvalue weighted by molar-refractivity contribution is 6.20. The molecule has 2 fully saturated rings. The molecule has 0 radical (unpaired) electrons. The molecule has 2 rings (SSSR count). The lowest BCUT2D eigenvalue weighted by Crippen LogP contribution is -2.27. The lowest BCUT2D eigenvalue weighted by atomic mass is 9.96. The zero-order valence-corrected chi connectivity index (χ0v) is 12.1. The van der Waals surface area contributed by atoms with Crippen LogP contribution in [0.15, 0.2) is 0 Å². The number of nitrogens with one attached hydrogen (secondary N) is 1. The van der Waals surface area contributed by atoms with E-state index in [1.165, 1.54) is 0 Å². The molecule has 0 aliphatic heterocycles. The van der Waals surface area contributed by atoms with Crippen LogP contribution in [0.2, 0.25) is 0 Å². The Morgan fingerprint density at radius 1 is 0.833 bits per heavy atom. The number of alkyl halides is 2. The van der Waals surface area contributed by atoms with Gasteiger partial charge in [0, 0.05) is 22.8 Å². The molecule has 0 amide bonds. The number of hydrogen-bond donors (Lipinski definition) is 2. The van der Waals surface area contributed by atoms with E-state index in [0.717, 1.165) is 51.4 Å². The Labute approximate surface area is 118 Å². The lowest BCUT2D eigenvalue weighted by Gasteiger charge is -2.22. The molecule has 0 aromatic carbocycles. The highest BCUT2D eigenvalue weighted by Gasteiger charge is 2.18. The number of nitrogens with two attached hydrogens (primary N) is 1. The molecule has 2 aliphatic carbocycles. The zero-order valence-electron chi connectivity index (χ0n) is 10.6. The summed E-state index contributed by atoms with van der Waals surface area (Å²) in [5, 5.41) is 0.699. The third-order valence-electron chi connectivity index (χ3n) is 3.51. The van der Waals surface area contributed by atoms with Crippen LogP contribution in [0.3, 0.4) is 0 Å². The van der Waals surface area contributed by atoms with Crippen molar-refractivity contribution in [3.63, 3.8) is 0 Å². The molecule has 110 valence electrons. The number of halogens is 4. The molecule has 2 aliphatic rings. The molecular weight excluding hydrogens is 281 g/mol. The van der Waals surface area contributed by atoms with Gasteiger partial charge in [-0.1, -0.05) is 0 Å². The van der Waals surface area contributed by atoms with E-state index in [2.05, 4.69) is 0 Å². The molecule has 0 atom stereocenters. The molecule has 0 aromatic heterocycles. The van der Waals surface area contributed by atoms with Crippen LogP contribution in [-0.4, -0.2) is 22.8 Å². The van der Waals surface area contributed by atoms with E-state index in [1.807, 2.05) is 0 Å². The third-order valence-corrected chi connectivity index (χ3v) is 4.39. The van der Waals surface area contributed by atoms with Crippen molar-refractivity contribution in [3.8, 4) is 0 Å². The maximum absolute atomic E-state index is 11.7. The second kappa shape index (κ2) is 10.2. The maximum atomic E-state index is 11.7. The minimum absolute atomic E-state index is 0. The van der Waals surface area contributed by atoms with Gasteiger partial charge in [0.25, 0.3) is 0 Å². The quantitative estimate of drug-likeness (QED) is 0.573. The molecule has 0 spiro atoms. The third kappa shape index (κ3) is 7.72. The van der Waals surface area contributed by atoms with Gasteiger partial charge in [0.2, 0.25) is 0 Å². The summed E-state index contributed by atoms with van der Waals surface area (Å²) in [6, 6.07) is 0.505. The molecule has 0 saturated heterocycles. The summed E-state index contributed by atoms with van der Waals surface area (Å²) in [5.74, 6) is 0. The molecule has 2 nitrogen and oxygen atoms in total. The van der Waals surface area contributed by atoms with Crippen molar-refractivity contribution in [1.29, 1.82) is 0 Å². The van der Waals surface area contributed by atoms with Gasteiger partial charge in [-0.3, -0.25) is 4.70 Å². The van der Waals surface area contributed by atoms with Crippen molar-refractivity contribution in [3.05, 3.63) is 0 Å². The van der Waals surface area contributed by atoms with Crippen LogP contribution in [0.5, 0.6) is 0 Å². The molecule has 2 saturated carbocycles. The molecule has 0 heterocycles. The van der Waals surface area contributed by atoms with Gasteiger partial charge >= 0.3 is 0 Å². The van der Waals surface area contributed by atoms with Crippen LogP contribution >= 0.6 is 23.2 Å². The predicted octanol–water partition coefficient (Wildman–Crippen LogP) is 3.66. The second-order valence-electron chi connectivity index (χ2n) is 5.07. The largest absolute Gasteiger partial charge is 0.328 e. The molecule has 0 unspecified atom stereocenters. The summed E-state index contributed by atoms with van der Waals surface area (Å²) < 4.78 is 11.7. The molecule has 3 N–H and O–H groups in total. The van der Waals surface area contributed by atoms with Gasteiger partial charge in [-0.25, -0.2) is 0 Å². The first-order chi connectivity index (χ1) is 8.11. The summed E-state index contributed by atoms with van der Waals surface area (Å²) in [4.78, 5) is 0. The monoisotopic (exact) mass is 304 g/mol. The Balaban J connectivity index is 0.000000306. The average Bonchev–Trinajstić information content (AvgIpc) is 2.35. The first-order valence-corrected chi connectivity index (χ1v) is 7.39. The van der Waals surface area contributed by atoms with E-state index in [1.54, 1.807) is 5.54 Å². The van der Waals surface area contributed by atoms with Gasteiger partial charge < -0.3 is 5.73 Å². The Morgan fingerprint density at radius 2 is 1.22 bits per heavy atom. The Morgan fingerprint density at radius 3 is 1.56 bits per heavy atom. The standard InChI is InChI=1S/C6H11ClFN.C6H12ClN.FH/c7-5-1-3-6(9-8)4-2-5;7-5-1-3-6(8)4-2-5;/h5-6,9H,1-4H2;5-6H,1-4,8H2;1H. The van der Waals surface area contributed by atoms with Crippen LogP contribution < -0.4 is 11.3 Å². The van der Waals surface area contributed by atoms with Crippen molar-refractivity contribution in [2.24, 2.45) is 5.73 Å². The Kier molecular flexibility index (Phi) is 10.4. The lowest BCUT2D eigenvalue weighted by molar-refractivity contribution is 0.227. The van der Waals surface area contributed by atoms with E-state index in [-0.39, 0.29) is 16.1 Å². The summed E-state index contributed by atoms with van der Waals surface area (Å²) in [6.07, 6.45) is 8.12. The fourth-order valence-electron chi connectivity index (χ4n) is 2.24. The van der Waals surface area contributed by atoms with Gasteiger partial charge in [0.1, 0.15) is 0 Å². The number of rotatable bonds is 1. The fraction of sp³-hybridized carbons (Fsp3) is 1.00. The summed E-state index contributed by atoms with van der Waals surface area (Å²) in [6.45, 7) is 0. The molecule has 0 aromatic rings.